The highest BCUT2D eigenvalue weighted by Gasteiger charge is 2.32. The van der Waals surface area contributed by atoms with Crippen LogP contribution in [0.2, 0.25) is 0 Å². The summed E-state index contributed by atoms with van der Waals surface area (Å²) < 4.78 is 10.7. The first-order chi connectivity index (χ1) is 7.85. The van der Waals surface area contributed by atoms with E-state index in [1.807, 2.05) is 20.8 Å². The van der Waals surface area contributed by atoms with E-state index in [2.05, 4.69) is 5.32 Å². The number of hydrogen-bond acceptors (Lipinski definition) is 4. The van der Waals surface area contributed by atoms with Crippen molar-refractivity contribution < 1.29 is 14.3 Å². The molecular weight excluding hydrogens is 220 g/mol. The Morgan fingerprint density at radius 3 is 2.41 bits per heavy atom. The molecule has 102 valence electrons. The zero-order chi connectivity index (χ0) is 13.5. The van der Waals surface area contributed by atoms with Gasteiger partial charge < -0.3 is 20.5 Å². The zero-order valence-electron chi connectivity index (χ0n) is 11.6. The van der Waals surface area contributed by atoms with Crippen LogP contribution in [-0.4, -0.2) is 43.9 Å². The molecule has 0 aliphatic heterocycles. The molecule has 0 heterocycles. The maximum Gasteiger partial charge on any atom is 0.237 e. The Morgan fingerprint density at radius 1 is 1.41 bits per heavy atom. The molecule has 3 unspecified atom stereocenters. The molecule has 17 heavy (non-hydrogen) atoms. The van der Waals surface area contributed by atoms with Crippen LogP contribution in [0.5, 0.6) is 0 Å². The van der Waals surface area contributed by atoms with E-state index in [1.54, 1.807) is 14.0 Å². The Kier molecular flexibility index (Phi) is 7.34. The van der Waals surface area contributed by atoms with Gasteiger partial charge in [-0.15, -0.1) is 0 Å². The molecule has 0 saturated carbocycles. The van der Waals surface area contributed by atoms with Crippen LogP contribution in [-0.2, 0) is 14.3 Å². The number of likely N-dealkylation sites (N-methyl/N-ethyl adjacent to an activating group) is 1. The lowest BCUT2D eigenvalue weighted by molar-refractivity contribution is -0.126. The Morgan fingerprint density at radius 2 is 2.00 bits per heavy atom. The van der Waals surface area contributed by atoms with E-state index in [0.29, 0.717) is 19.6 Å². The predicted octanol–water partition coefficient (Wildman–Crippen LogP) is 0.670. The summed E-state index contributed by atoms with van der Waals surface area (Å²) in [4.78, 5) is 11.4. The molecule has 3 atom stereocenters. The number of amides is 1. The molecule has 0 rings (SSSR count). The molecule has 0 radical (unpaired) electrons. The Bertz CT molecular complexity index is 236. The van der Waals surface area contributed by atoms with Crippen LogP contribution >= 0.6 is 0 Å². The first kappa shape index (κ1) is 16.4. The van der Waals surface area contributed by atoms with Crippen LogP contribution in [0, 0.1) is 0 Å². The van der Waals surface area contributed by atoms with Gasteiger partial charge in [0.05, 0.1) is 24.4 Å². The van der Waals surface area contributed by atoms with Crippen molar-refractivity contribution in [2.75, 3.05) is 20.3 Å². The first-order valence-corrected chi connectivity index (χ1v) is 6.05. The Labute approximate surface area is 104 Å². The van der Waals surface area contributed by atoms with Gasteiger partial charge in [0.1, 0.15) is 0 Å². The normalized spacial score (nSPS) is 18.4. The fourth-order valence-corrected chi connectivity index (χ4v) is 1.94. The van der Waals surface area contributed by atoms with Crippen molar-refractivity contribution in [2.45, 2.75) is 51.9 Å². The number of carbonyl (C=O) groups is 1. The second kappa shape index (κ2) is 7.63. The summed E-state index contributed by atoms with van der Waals surface area (Å²) in [6.07, 6.45) is 0.495. The van der Waals surface area contributed by atoms with Gasteiger partial charge in [0.15, 0.2) is 0 Å². The van der Waals surface area contributed by atoms with Crippen molar-refractivity contribution in [3.63, 3.8) is 0 Å². The molecule has 0 aromatic carbocycles. The summed E-state index contributed by atoms with van der Waals surface area (Å²) in [6, 6.07) is 0. The summed E-state index contributed by atoms with van der Waals surface area (Å²) in [6.45, 7) is 8.86. The third kappa shape index (κ3) is 6.00. The summed E-state index contributed by atoms with van der Waals surface area (Å²) in [5.41, 5.74) is 4.69. The molecule has 0 aliphatic rings. The molecule has 0 aliphatic carbocycles. The van der Waals surface area contributed by atoms with Crippen LogP contribution in [0.25, 0.3) is 0 Å². The van der Waals surface area contributed by atoms with Gasteiger partial charge in [-0.2, -0.15) is 0 Å². The maximum absolute atomic E-state index is 11.4. The summed E-state index contributed by atoms with van der Waals surface area (Å²) in [5, 5.41) is 3.11. The summed E-state index contributed by atoms with van der Waals surface area (Å²) in [5.74, 6) is -0.353. The smallest absolute Gasteiger partial charge is 0.237 e. The largest absolute Gasteiger partial charge is 0.382 e. The average Bonchev–Trinajstić information content (AvgIpc) is 2.17. The van der Waals surface area contributed by atoms with Gasteiger partial charge >= 0.3 is 0 Å². The molecular formula is C12H26N2O3. The van der Waals surface area contributed by atoms with Gasteiger partial charge in [-0.3, -0.25) is 4.79 Å². The topological polar surface area (TPSA) is 73.6 Å². The van der Waals surface area contributed by atoms with Crippen LogP contribution in [0.3, 0.4) is 0 Å². The van der Waals surface area contributed by atoms with Crippen molar-refractivity contribution in [2.24, 2.45) is 5.73 Å². The van der Waals surface area contributed by atoms with Gasteiger partial charge in [-0.1, -0.05) is 6.92 Å². The molecule has 0 spiro atoms. The van der Waals surface area contributed by atoms with Crippen molar-refractivity contribution in [1.82, 2.24) is 5.32 Å². The number of carbonyl (C=O) groups excluding carboxylic acids is 1. The SMILES string of the molecule is CCNC(C)(CC(C)OC(C)COC)C(N)=O. The second-order valence-electron chi connectivity index (χ2n) is 4.64. The minimum atomic E-state index is -0.721. The van der Waals surface area contributed by atoms with Crippen molar-refractivity contribution >= 4 is 5.91 Å². The van der Waals surface area contributed by atoms with Crippen LogP contribution in [0.15, 0.2) is 0 Å². The Hall–Kier alpha value is -0.650. The standard InChI is InChI=1S/C12H26N2O3/c1-6-14-12(4,11(13)15)7-9(2)17-10(3)8-16-5/h9-10,14H,6-8H2,1-5H3,(H2,13,15). The van der Waals surface area contributed by atoms with Gasteiger partial charge in [0.2, 0.25) is 5.91 Å². The third-order valence-electron chi connectivity index (χ3n) is 2.67. The molecule has 0 aromatic rings. The summed E-state index contributed by atoms with van der Waals surface area (Å²) >= 11 is 0. The quantitative estimate of drug-likeness (QED) is 0.627. The molecule has 0 fully saturated rings. The molecule has 3 N–H and O–H groups in total. The van der Waals surface area contributed by atoms with Crippen LogP contribution in [0.1, 0.15) is 34.1 Å². The highest BCUT2D eigenvalue weighted by molar-refractivity contribution is 5.84. The average molecular weight is 246 g/mol. The monoisotopic (exact) mass is 246 g/mol. The molecule has 0 bridgehead atoms. The molecule has 1 amide bonds. The predicted molar refractivity (Wildman–Crippen MR) is 67.8 cm³/mol. The van der Waals surface area contributed by atoms with E-state index >= 15 is 0 Å². The number of hydrogen-bond donors (Lipinski definition) is 2. The van der Waals surface area contributed by atoms with E-state index < -0.39 is 5.54 Å². The van der Waals surface area contributed by atoms with Crippen LogP contribution < -0.4 is 11.1 Å². The van der Waals surface area contributed by atoms with Crippen molar-refractivity contribution in [1.29, 1.82) is 0 Å². The van der Waals surface area contributed by atoms with Gasteiger partial charge in [-0.05, 0) is 27.3 Å². The summed E-state index contributed by atoms with van der Waals surface area (Å²) in [7, 11) is 1.64. The van der Waals surface area contributed by atoms with Crippen molar-refractivity contribution in [3.05, 3.63) is 0 Å². The lowest BCUT2D eigenvalue weighted by Crippen LogP contribution is -2.54. The highest BCUT2D eigenvalue weighted by Crippen LogP contribution is 2.15. The van der Waals surface area contributed by atoms with E-state index in [-0.39, 0.29) is 18.1 Å². The number of nitrogens with one attached hydrogen (secondary N) is 1. The molecule has 5 nitrogen and oxygen atoms in total. The van der Waals surface area contributed by atoms with Gasteiger partial charge in [0.25, 0.3) is 0 Å². The minimum absolute atomic E-state index is 0.00810. The van der Waals surface area contributed by atoms with Gasteiger partial charge in [-0.25, -0.2) is 0 Å². The Balaban J connectivity index is 4.31. The van der Waals surface area contributed by atoms with Gasteiger partial charge in [0, 0.05) is 13.5 Å². The van der Waals surface area contributed by atoms with E-state index in [4.69, 9.17) is 15.2 Å². The fraction of sp³-hybridized carbons (Fsp3) is 0.917. The maximum atomic E-state index is 11.4. The third-order valence-corrected chi connectivity index (χ3v) is 2.67. The van der Waals surface area contributed by atoms with E-state index in [9.17, 15) is 4.79 Å². The van der Waals surface area contributed by atoms with E-state index in [0.717, 1.165) is 0 Å². The lowest BCUT2D eigenvalue weighted by Gasteiger charge is -2.31. The molecule has 0 aromatic heterocycles. The molecule has 5 heteroatoms. The highest BCUT2D eigenvalue weighted by atomic mass is 16.5. The zero-order valence-corrected chi connectivity index (χ0v) is 11.6. The lowest BCUT2D eigenvalue weighted by atomic mass is 9.94. The van der Waals surface area contributed by atoms with E-state index in [1.165, 1.54) is 0 Å². The second-order valence-corrected chi connectivity index (χ2v) is 4.64. The number of primary amides is 1. The fourth-order valence-electron chi connectivity index (χ4n) is 1.94. The molecule has 0 saturated heterocycles. The first-order valence-electron chi connectivity index (χ1n) is 6.05. The number of ether oxygens (including phenoxy) is 2. The number of nitrogens with two attached hydrogens (primary N) is 1. The minimum Gasteiger partial charge on any atom is -0.382 e. The van der Waals surface area contributed by atoms with Crippen LogP contribution in [0.4, 0.5) is 0 Å². The number of methoxy groups -OCH3 is 1. The number of rotatable bonds is 9. The van der Waals surface area contributed by atoms with Crippen molar-refractivity contribution in [3.8, 4) is 0 Å².